The van der Waals surface area contributed by atoms with Gasteiger partial charge < -0.3 is 9.84 Å². The predicted octanol–water partition coefficient (Wildman–Crippen LogP) is 3.32. The Balaban J connectivity index is 4.09. The fourth-order valence-corrected chi connectivity index (χ4v) is 1.28. The molecule has 0 aliphatic rings. The van der Waals surface area contributed by atoms with E-state index in [9.17, 15) is 9.90 Å². The van der Waals surface area contributed by atoms with Crippen molar-refractivity contribution >= 4 is 5.97 Å². The second kappa shape index (κ2) is 6.37. The number of carbonyl (C=O) groups is 1. The zero-order chi connectivity index (χ0) is 14.6. The molecule has 1 atom stereocenters. The van der Waals surface area contributed by atoms with Gasteiger partial charge in [-0.05, 0) is 30.6 Å². The van der Waals surface area contributed by atoms with E-state index in [-0.39, 0.29) is 17.4 Å². The number of aliphatic hydroxyl groups is 1. The summed E-state index contributed by atoms with van der Waals surface area (Å²) >= 11 is 0. The number of carbonyl (C=O) groups excluding carboxylic acids is 1. The maximum atomic E-state index is 11.2. The SMILES string of the molecule is C=C(C)C(=O)OCC(O)CCC(C)(C)C(C)(C)C. The molecular weight excluding hydrogens is 228 g/mol. The van der Waals surface area contributed by atoms with Crippen molar-refractivity contribution in [2.75, 3.05) is 6.61 Å². The lowest BCUT2D eigenvalue weighted by Gasteiger charge is -2.39. The van der Waals surface area contributed by atoms with Gasteiger partial charge in [0.2, 0.25) is 0 Å². The summed E-state index contributed by atoms with van der Waals surface area (Å²) in [5.74, 6) is -0.441. The zero-order valence-electron chi connectivity index (χ0n) is 12.7. The van der Waals surface area contributed by atoms with E-state index in [2.05, 4.69) is 41.2 Å². The number of esters is 1. The van der Waals surface area contributed by atoms with Crippen molar-refractivity contribution in [1.29, 1.82) is 0 Å². The summed E-state index contributed by atoms with van der Waals surface area (Å²) in [7, 11) is 0. The molecule has 1 unspecified atom stereocenters. The Hall–Kier alpha value is -0.830. The van der Waals surface area contributed by atoms with Crippen molar-refractivity contribution < 1.29 is 14.6 Å². The second-order valence-electron chi connectivity index (χ2n) is 6.71. The largest absolute Gasteiger partial charge is 0.460 e. The van der Waals surface area contributed by atoms with Gasteiger partial charge in [-0.2, -0.15) is 0 Å². The molecule has 0 spiro atoms. The third-order valence-electron chi connectivity index (χ3n) is 3.89. The summed E-state index contributed by atoms with van der Waals surface area (Å²) in [5, 5.41) is 9.80. The summed E-state index contributed by atoms with van der Waals surface area (Å²) in [4.78, 5) is 11.2. The van der Waals surface area contributed by atoms with E-state index in [1.54, 1.807) is 6.92 Å². The molecule has 0 fully saturated rings. The standard InChI is InChI=1S/C15H28O3/c1-11(2)13(17)18-10-12(16)8-9-15(6,7)14(3,4)5/h12,16H,1,8-10H2,2-7H3. The lowest BCUT2D eigenvalue weighted by molar-refractivity contribution is -0.142. The topological polar surface area (TPSA) is 46.5 Å². The number of aliphatic hydroxyl groups excluding tert-OH is 1. The molecule has 0 aromatic heterocycles. The van der Waals surface area contributed by atoms with Gasteiger partial charge in [0.1, 0.15) is 6.61 Å². The maximum absolute atomic E-state index is 11.2. The highest BCUT2D eigenvalue weighted by Crippen LogP contribution is 2.41. The Kier molecular flexibility index (Phi) is 6.08. The van der Waals surface area contributed by atoms with Gasteiger partial charge in [-0.15, -0.1) is 0 Å². The second-order valence-corrected chi connectivity index (χ2v) is 6.71. The molecule has 0 rings (SSSR count). The molecule has 3 nitrogen and oxygen atoms in total. The Morgan fingerprint density at radius 1 is 1.28 bits per heavy atom. The fourth-order valence-electron chi connectivity index (χ4n) is 1.28. The molecule has 18 heavy (non-hydrogen) atoms. The minimum atomic E-state index is -0.602. The number of ether oxygens (including phenoxy) is 1. The van der Waals surface area contributed by atoms with E-state index in [1.165, 1.54) is 0 Å². The fraction of sp³-hybridized carbons (Fsp3) is 0.800. The first-order valence-corrected chi connectivity index (χ1v) is 6.48. The monoisotopic (exact) mass is 256 g/mol. The highest BCUT2D eigenvalue weighted by Gasteiger charge is 2.32. The molecule has 0 radical (unpaired) electrons. The van der Waals surface area contributed by atoms with Gasteiger partial charge in [0, 0.05) is 5.57 Å². The molecule has 0 aliphatic heterocycles. The van der Waals surface area contributed by atoms with Crippen molar-refractivity contribution in [1.82, 2.24) is 0 Å². The summed E-state index contributed by atoms with van der Waals surface area (Å²) < 4.78 is 4.93. The quantitative estimate of drug-likeness (QED) is 0.586. The summed E-state index contributed by atoms with van der Waals surface area (Å²) in [6, 6.07) is 0. The van der Waals surface area contributed by atoms with Crippen molar-refractivity contribution in [2.24, 2.45) is 10.8 Å². The molecular formula is C15H28O3. The lowest BCUT2D eigenvalue weighted by Crippen LogP contribution is -2.31. The van der Waals surface area contributed by atoms with Crippen LogP contribution in [0, 0.1) is 10.8 Å². The van der Waals surface area contributed by atoms with Gasteiger partial charge in [0.05, 0.1) is 6.10 Å². The van der Waals surface area contributed by atoms with Crippen LogP contribution < -0.4 is 0 Å². The van der Waals surface area contributed by atoms with Gasteiger partial charge in [-0.1, -0.05) is 41.2 Å². The van der Waals surface area contributed by atoms with Gasteiger partial charge in [0.15, 0.2) is 0 Å². The van der Waals surface area contributed by atoms with Crippen LogP contribution in [0.2, 0.25) is 0 Å². The average molecular weight is 256 g/mol. The summed E-state index contributed by atoms with van der Waals surface area (Å²) in [6.07, 6.45) is 0.922. The Labute approximate surface area is 111 Å². The smallest absolute Gasteiger partial charge is 0.333 e. The van der Waals surface area contributed by atoms with Gasteiger partial charge in [-0.3, -0.25) is 0 Å². The summed E-state index contributed by atoms with van der Waals surface area (Å²) in [5.41, 5.74) is 0.671. The first-order chi connectivity index (χ1) is 7.97. The Morgan fingerprint density at radius 3 is 2.17 bits per heavy atom. The number of hydrogen-bond acceptors (Lipinski definition) is 3. The first-order valence-electron chi connectivity index (χ1n) is 6.48. The molecule has 3 heteroatoms. The molecule has 0 aromatic rings. The molecule has 0 saturated heterocycles. The molecule has 0 amide bonds. The highest BCUT2D eigenvalue weighted by molar-refractivity contribution is 5.86. The van der Waals surface area contributed by atoms with Crippen molar-refractivity contribution in [3.8, 4) is 0 Å². The van der Waals surface area contributed by atoms with E-state index >= 15 is 0 Å². The van der Waals surface area contributed by atoms with Gasteiger partial charge in [-0.25, -0.2) is 4.79 Å². The van der Waals surface area contributed by atoms with Crippen molar-refractivity contribution in [2.45, 2.75) is 60.5 Å². The van der Waals surface area contributed by atoms with Crippen LogP contribution in [0.5, 0.6) is 0 Å². The minimum absolute atomic E-state index is 0.0475. The molecule has 0 aliphatic carbocycles. The average Bonchev–Trinajstić information content (AvgIpc) is 2.21. The van der Waals surface area contributed by atoms with E-state index in [4.69, 9.17) is 4.74 Å². The van der Waals surface area contributed by atoms with Crippen molar-refractivity contribution in [3.63, 3.8) is 0 Å². The van der Waals surface area contributed by atoms with E-state index in [0.717, 1.165) is 6.42 Å². The molecule has 0 bridgehead atoms. The van der Waals surface area contributed by atoms with Crippen LogP contribution in [0.15, 0.2) is 12.2 Å². The lowest BCUT2D eigenvalue weighted by atomic mass is 9.66. The van der Waals surface area contributed by atoms with Crippen LogP contribution in [0.4, 0.5) is 0 Å². The minimum Gasteiger partial charge on any atom is -0.460 e. The van der Waals surface area contributed by atoms with E-state index < -0.39 is 12.1 Å². The molecule has 1 N–H and O–H groups in total. The van der Waals surface area contributed by atoms with Crippen LogP contribution in [0.1, 0.15) is 54.4 Å². The van der Waals surface area contributed by atoms with Gasteiger partial charge >= 0.3 is 5.97 Å². The van der Waals surface area contributed by atoms with Crippen LogP contribution in [-0.4, -0.2) is 23.8 Å². The first kappa shape index (κ1) is 17.2. The number of hydrogen-bond donors (Lipinski definition) is 1. The van der Waals surface area contributed by atoms with Crippen LogP contribution in [0.25, 0.3) is 0 Å². The highest BCUT2D eigenvalue weighted by atomic mass is 16.5. The zero-order valence-corrected chi connectivity index (χ0v) is 12.7. The third-order valence-corrected chi connectivity index (χ3v) is 3.89. The predicted molar refractivity (Wildman–Crippen MR) is 74.2 cm³/mol. The van der Waals surface area contributed by atoms with Crippen LogP contribution in [0.3, 0.4) is 0 Å². The van der Waals surface area contributed by atoms with Crippen LogP contribution >= 0.6 is 0 Å². The summed E-state index contributed by atoms with van der Waals surface area (Å²) in [6.45, 7) is 16.1. The third kappa shape index (κ3) is 5.67. The van der Waals surface area contributed by atoms with E-state index in [1.807, 2.05) is 0 Å². The molecule has 106 valence electrons. The molecule has 0 saturated carbocycles. The van der Waals surface area contributed by atoms with Crippen LogP contribution in [-0.2, 0) is 9.53 Å². The van der Waals surface area contributed by atoms with E-state index in [0.29, 0.717) is 12.0 Å². The maximum Gasteiger partial charge on any atom is 0.333 e. The Morgan fingerprint density at radius 2 is 1.78 bits per heavy atom. The number of rotatable bonds is 6. The Bertz CT molecular complexity index is 297. The normalized spacial score (nSPS) is 14.2. The van der Waals surface area contributed by atoms with Crippen molar-refractivity contribution in [3.05, 3.63) is 12.2 Å². The molecule has 0 heterocycles. The van der Waals surface area contributed by atoms with Gasteiger partial charge in [0.25, 0.3) is 0 Å². The molecule has 0 aromatic carbocycles.